The Bertz CT molecular complexity index is 868. The van der Waals surface area contributed by atoms with Gasteiger partial charge in [0.1, 0.15) is 6.54 Å². The molecule has 0 aliphatic carbocycles. The minimum atomic E-state index is -3.64. The number of halogens is 2. The van der Waals surface area contributed by atoms with Gasteiger partial charge in [-0.3, -0.25) is 9.10 Å². The molecule has 0 radical (unpaired) electrons. The summed E-state index contributed by atoms with van der Waals surface area (Å²) in [7, 11) is -3.64. The molecule has 0 unspecified atom stereocenters. The Hall–Kier alpha value is -1.76. The molecule has 0 saturated carbocycles. The van der Waals surface area contributed by atoms with E-state index in [1.54, 1.807) is 49.4 Å². The number of amides is 1. The van der Waals surface area contributed by atoms with Crippen LogP contribution in [0.4, 0.5) is 5.69 Å². The van der Waals surface area contributed by atoms with Crippen LogP contribution in [0, 0.1) is 6.92 Å². The summed E-state index contributed by atoms with van der Waals surface area (Å²) < 4.78 is 25.3. The normalized spacial score (nSPS) is 11.2. The minimum Gasteiger partial charge on any atom is -0.350 e. The molecule has 0 saturated heterocycles. The zero-order valence-electron chi connectivity index (χ0n) is 13.8. The standard InChI is InChI=1S/C17H18Cl2N2O3S/c1-12-15(19)4-3-5-16(12)21(25(2,23)24)11-17(22)20-10-13-6-8-14(18)9-7-13/h3-9H,10-11H2,1-2H3,(H,20,22). The fourth-order valence-electron chi connectivity index (χ4n) is 2.24. The molecule has 0 aromatic heterocycles. The van der Waals surface area contributed by atoms with Gasteiger partial charge in [-0.25, -0.2) is 8.42 Å². The number of nitrogens with one attached hydrogen (secondary N) is 1. The highest BCUT2D eigenvalue weighted by Gasteiger charge is 2.22. The first kappa shape index (κ1) is 19.6. The topological polar surface area (TPSA) is 66.5 Å². The number of benzene rings is 2. The van der Waals surface area contributed by atoms with Crippen LogP contribution in [0.25, 0.3) is 0 Å². The van der Waals surface area contributed by atoms with E-state index in [9.17, 15) is 13.2 Å². The minimum absolute atomic E-state index is 0.280. The SMILES string of the molecule is Cc1c(Cl)cccc1N(CC(=O)NCc1ccc(Cl)cc1)S(C)(=O)=O. The van der Waals surface area contributed by atoms with Crippen LogP contribution in [-0.2, 0) is 21.4 Å². The summed E-state index contributed by atoms with van der Waals surface area (Å²) in [5.41, 5.74) is 1.85. The molecule has 0 aliphatic heterocycles. The highest BCUT2D eigenvalue weighted by Crippen LogP contribution is 2.27. The summed E-state index contributed by atoms with van der Waals surface area (Å²) in [4.78, 5) is 12.2. The fraction of sp³-hybridized carbons (Fsp3) is 0.235. The monoisotopic (exact) mass is 400 g/mol. The van der Waals surface area contributed by atoms with Crippen molar-refractivity contribution in [3.63, 3.8) is 0 Å². The molecular weight excluding hydrogens is 383 g/mol. The molecule has 0 heterocycles. The van der Waals surface area contributed by atoms with Gasteiger partial charge in [-0.2, -0.15) is 0 Å². The predicted octanol–water partition coefficient (Wildman–Crippen LogP) is 3.38. The summed E-state index contributed by atoms with van der Waals surface area (Å²) in [6, 6.07) is 12.0. The van der Waals surface area contributed by atoms with E-state index in [0.717, 1.165) is 16.1 Å². The summed E-state index contributed by atoms with van der Waals surface area (Å²) in [6.45, 7) is 1.66. The van der Waals surface area contributed by atoms with E-state index < -0.39 is 15.9 Å². The molecule has 0 fully saturated rings. The molecule has 1 amide bonds. The van der Waals surface area contributed by atoms with E-state index in [1.165, 1.54) is 0 Å². The Morgan fingerprint density at radius 2 is 1.76 bits per heavy atom. The van der Waals surface area contributed by atoms with Crippen LogP contribution in [0.1, 0.15) is 11.1 Å². The number of nitrogens with zero attached hydrogens (tertiary/aromatic N) is 1. The lowest BCUT2D eigenvalue weighted by atomic mass is 10.2. The number of carbonyl (C=O) groups excluding carboxylic acids is 1. The molecule has 0 spiro atoms. The number of sulfonamides is 1. The van der Waals surface area contributed by atoms with Crippen LogP contribution < -0.4 is 9.62 Å². The Morgan fingerprint density at radius 3 is 2.36 bits per heavy atom. The van der Waals surface area contributed by atoms with E-state index in [-0.39, 0.29) is 13.1 Å². The van der Waals surface area contributed by atoms with Crippen molar-refractivity contribution in [2.24, 2.45) is 0 Å². The van der Waals surface area contributed by atoms with Gasteiger partial charge in [0, 0.05) is 16.6 Å². The molecule has 2 aromatic rings. The largest absolute Gasteiger partial charge is 0.350 e. The van der Waals surface area contributed by atoms with Crippen LogP contribution in [0.2, 0.25) is 10.0 Å². The first-order valence-electron chi connectivity index (χ1n) is 7.42. The van der Waals surface area contributed by atoms with Gasteiger partial charge in [-0.15, -0.1) is 0 Å². The number of carbonyl (C=O) groups is 1. The molecule has 0 bridgehead atoms. The van der Waals surface area contributed by atoms with Crippen LogP contribution in [-0.4, -0.2) is 27.1 Å². The van der Waals surface area contributed by atoms with Gasteiger partial charge in [0.25, 0.3) is 0 Å². The zero-order chi connectivity index (χ0) is 18.6. The molecule has 2 aromatic carbocycles. The van der Waals surface area contributed by atoms with Crippen LogP contribution in [0.15, 0.2) is 42.5 Å². The molecule has 0 atom stereocenters. The Kier molecular flexibility index (Phi) is 6.32. The quantitative estimate of drug-likeness (QED) is 0.807. The summed E-state index contributed by atoms with van der Waals surface area (Å²) in [5.74, 6) is -0.417. The van der Waals surface area contributed by atoms with E-state index in [0.29, 0.717) is 21.3 Å². The van der Waals surface area contributed by atoms with Crippen LogP contribution >= 0.6 is 23.2 Å². The van der Waals surface area contributed by atoms with Crippen molar-refractivity contribution in [2.45, 2.75) is 13.5 Å². The van der Waals surface area contributed by atoms with Crippen molar-refractivity contribution in [1.29, 1.82) is 0 Å². The molecule has 134 valence electrons. The maximum absolute atomic E-state index is 12.2. The van der Waals surface area contributed by atoms with E-state index in [1.807, 2.05) is 0 Å². The highest BCUT2D eigenvalue weighted by atomic mass is 35.5. The number of hydrogen-bond donors (Lipinski definition) is 1. The number of hydrogen-bond acceptors (Lipinski definition) is 3. The van der Waals surface area contributed by atoms with Crippen molar-refractivity contribution >= 4 is 44.8 Å². The van der Waals surface area contributed by atoms with E-state index in [4.69, 9.17) is 23.2 Å². The van der Waals surface area contributed by atoms with Gasteiger partial charge >= 0.3 is 0 Å². The van der Waals surface area contributed by atoms with Crippen molar-refractivity contribution in [1.82, 2.24) is 5.32 Å². The third kappa shape index (κ3) is 5.36. The molecule has 8 heteroatoms. The second kappa shape index (κ2) is 8.08. The average molecular weight is 401 g/mol. The Labute approximate surface area is 157 Å². The highest BCUT2D eigenvalue weighted by molar-refractivity contribution is 7.92. The summed E-state index contributed by atoms with van der Waals surface area (Å²) >= 11 is 11.9. The lowest BCUT2D eigenvalue weighted by Crippen LogP contribution is -2.40. The average Bonchev–Trinajstić information content (AvgIpc) is 2.54. The predicted molar refractivity (Wildman–Crippen MR) is 102 cm³/mol. The Morgan fingerprint density at radius 1 is 1.12 bits per heavy atom. The van der Waals surface area contributed by atoms with Crippen molar-refractivity contribution in [3.05, 3.63) is 63.6 Å². The fourth-order valence-corrected chi connectivity index (χ4v) is 3.44. The van der Waals surface area contributed by atoms with Crippen molar-refractivity contribution in [3.8, 4) is 0 Å². The molecule has 2 rings (SSSR count). The smallest absolute Gasteiger partial charge is 0.241 e. The van der Waals surface area contributed by atoms with Crippen LogP contribution in [0.5, 0.6) is 0 Å². The maximum atomic E-state index is 12.2. The third-order valence-electron chi connectivity index (χ3n) is 3.60. The van der Waals surface area contributed by atoms with Gasteiger partial charge < -0.3 is 5.32 Å². The van der Waals surface area contributed by atoms with Gasteiger partial charge in [0.15, 0.2) is 0 Å². The summed E-state index contributed by atoms with van der Waals surface area (Å²) in [5, 5.41) is 3.75. The molecule has 0 aliphatic rings. The van der Waals surface area contributed by atoms with Gasteiger partial charge in [0.2, 0.25) is 15.9 Å². The second-order valence-corrected chi connectivity index (χ2v) is 8.31. The molecule has 25 heavy (non-hydrogen) atoms. The second-order valence-electron chi connectivity index (χ2n) is 5.56. The van der Waals surface area contributed by atoms with Gasteiger partial charge in [-0.05, 0) is 42.3 Å². The van der Waals surface area contributed by atoms with Crippen molar-refractivity contribution in [2.75, 3.05) is 17.1 Å². The lowest BCUT2D eigenvalue weighted by molar-refractivity contribution is -0.119. The number of rotatable bonds is 6. The lowest BCUT2D eigenvalue weighted by Gasteiger charge is -2.24. The van der Waals surface area contributed by atoms with E-state index >= 15 is 0 Å². The molecular formula is C17H18Cl2N2O3S. The van der Waals surface area contributed by atoms with Crippen molar-refractivity contribution < 1.29 is 13.2 Å². The number of anilines is 1. The first-order valence-corrected chi connectivity index (χ1v) is 10.0. The zero-order valence-corrected chi connectivity index (χ0v) is 16.1. The Balaban J connectivity index is 2.13. The maximum Gasteiger partial charge on any atom is 0.241 e. The molecule has 1 N–H and O–H groups in total. The first-order chi connectivity index (χ1) is 11.7. The van der Waals surface area contributed by atoms with E-state index in [2.05, 4.69) is 5.32 Å². The molecule has 5 nitrogen and oxygen atoms in total. The summed E-state index contributed by atoms with van der Waals surface area (Å²) in [6.07, 6.45) is 1.06. The van der Waals surface area contributed by atoms with Gasteiger partial charge in [-0.1, -0.05) is 41.4 Å². The third-order valence-corrected chi connectivity index (χ3v) is 5.39. The van der Waals surface area contributed by atoms with Crippen LogP contribution in [0.3, 0.4) is 0 Å². The van der Waals surface area contributed by atoms with Gasteiger partial charge in [0.05, 0.1) is 11.9 Å².